The van der Waals surface area contributed by atoms with Crippen LogP contribution in [0.3, 0.4) is 0 Å². The van der Waals surface area contributed by atoms with E-state index in [4.69, 9.17) is 4.74 Å². The minimum absolute atomic E-state index is 0. The maximum absolute atomic E-state index is 13.0. The molecule has 0 spiro atoms. The van der Waals surface area contributed by atoms with Gasteiger partial charge in [-0.15, -0.1) is 12.4 Å². The molecule has 1 aromatic carbocycles. The molecule has 150 valence electrons. The van der Waals surface area contributed by atoms with Gasteiger partial charge in [0.2, 0.25) is 11.8 Å². The van der Waals surface area contributed by atoms with Crippen LogP contribution >= 0.6 is 12.4 Å². The second-order valence-electron chi connectivity index (χ2n) is 6.88. The normalized spacial score (nSPS) is 23.6. The molecule has 3 rings (SSSR count). The van der Waals surface area contributed by atoms with Crippen LogP contribution in [0.5, 0.6) is 5.75 Å². The van der Waals surface area contributed by atoms with Crippen molar-refractivity contribution in [1.82, 2.24) is 15.1 Å². The molecule has 0 bridgehead atoms. The zero-order chi connectivity index (χ0) is 18.7. The third-order valence-electron chi connectivity index (χ3n) is 5.31. The lowest BCUT2D eigenvalue weighted by molar-refractivity contribution is -0.138. The van der Waals surface area contributed by atoms with Crippen molar-refractivity contribution in [2.24, 2.45) is 0 Å². The van der Waals surface area contributed by atoms with E-state index in [1.807, 2.05) is 29.2 Å². The topological polar surface area (TPSA) is 82.1 Å². The first-order valence-electron chi connectivity index (χ1n) is 9.14. The first kappa shape index (κ1) is 21.5. The predicted octanol–water partition coefficient (Wildman–Crippen LogP) is 0.962. The number of likely N-dealkylation sites (N-methyl/N-ethyl adjacent to an activating group) is 1. The molecule has 2 heterocycles. The van der Waals surface area contributed by atoms with Crippen LogP contribution in [-0.2, 0) is 9.59 Å². The van der Waals surface area contributed by atoms with Gasteiger partial charge in [0.05, 0.1) is 19.3 Å². The summed E-state index contributed by atoms with van der Waals surface area (Å²) in [6.07, 6.45) is 1.74. The SMILES string of the molecule is CNC(=O)[C@@H](c1ccccc1OC)N1CCC[C@H]1C(=O)N1CC[C@@H](O)C1.Cl. The van der Waals surface area contributed by atoms with Crippen LogP contribution in [0, 0.1) is 0 Å². The Hall–Kier alpha value is -1.83. The molecule has 3 atom stereocenters. The number of β-amino-alcohol motifs (C(OH)–C–C–N with tert-alkyl or cyclic N) is 1. The number of aliphatic hydroxyl groups is 1. The quantitative estimate of drug-likeness (QED) is 0.773. The molecular weight excluding hydrogens is 370 g/mol. The third-order valence-corrected chi connectivity index (χ3v) is 5.31. The molecule has 27 heavy (non-hydrogen) atoms. The number of carbonyl (C=O) groups excluding carboxylic acids is 2. The maximum Gasteiger partial charge on any atom is 0.241 e. The average Bonchev–Trinajstić information content (AvgIpc) is 3.31. The number of methoxy groups -OCH3 is 1. The van der Waals surface area contributed by atoms with Crippen LogP contribution in [0.1, 0.15) is 30.9 Å². The Balaban J connectivity index is 0.00000261. The van der Waals surface area contributed by atoms with E-state index < -0.39 is 12.1 Å². The molecule has 2 fully saturated rings. The lowest BCUT2D eigenvalue weighted by Crippen LogP contribution is -2.49. The lowest BCUT2D eigenvalue weighted by Gasteiger charge is -2.33. The van der Waals surface area contributed by atoms with Crippen molar-refractivity contribution in [1.29, 1.82) is 0 Å². The van der Waals surface area contributed by atoms with E-state index in [1.165, 1.54) is 0 Å². The highest BCUT2D eigenvalue weighted by molar-refractivity contribution is 5.87. The molecule has 0 unspecified atom stereocenters. The molecule has 7 nitrogen and oxygen atoms in total. The van der Waals surface area contributed by atoms with E-state index in [1.54, 1.807) is 19.1 Å². The van der Waals surface area contributed by atoms with Crippen molar-refractivity contribution in [3.05, 3.63) is 29.8 Å². The smallest absolute Gasteiger partial charge is 0.241 e. The summed E-state index contributed by atoms with van der Waals surface area (Å²) in [4.78, 5) is 29.4. The van der Waals surface area contributed by atoms with Crippen molar-refractivity contribution in [3.63, 3.8) is 0 Å². The molecule has 2 aliphatic heterocycles. The van der Waals surface area contributed by atoms with E-state index in [0.29, 0.717) is 38.2 Å². The number of carbonyl (C=O) groups is 2. The van der Waals surface area contributed by atoms with Crippen molar-refractivity contribution in [3.8, 4) is 5.75 Å². The fourth-order valence-corrected chi connectivity index (χ4v) is 4.02. The van der Waals surface area contributed by atoms with Gasteiger partial charge in [-0.1, -0.05) is 18.2 Å². The summed E-state index contributed by atoms with van der Waals surface area (Å²) in [7, 11) is 3.19. The standard InChI is InChI=1S/C19H27N3O4.ClH/c1-20-18(24)17(14-6-3-4-8-16(14)26-2)22-10-5-7-15(22)19(25)21-11-9-13(23)12-21;/h3-4,6,8,13,15,17,23H,5,7,9-12H2,1-2H3,(H,20,24);1H/t13-,15+,17-;/m1./s1. The van der Waals surface area contributed by atoms with Crippen LogP contribution in [-0.4, -0.2) is 72.7 Å². The number of ether oxygens (including phenoxy) is 1. The summed E-state index contributed by atoms with van der Waals surface area (Å²) >= 11 is 0. The highest BCUT2D eigenvalue weighted by Gasteiger charge is 2.42. The summed E-state index contributed by atoms with van der Waals surface area (Å²) in [5, 5.41) is 12.5. The zero-order valence-corrected chi connectivity index (χ0v) is 16.6. The monoisotopic (exact) mass is 397 g/mol. The fraction of sp³-hybridized carbons (Fsp3) is 0.579. The minimum atomic E-state index is -0.583. The van der Waals surface area contributed by atoms with Gasteiger partial charge in [-0.2, -0.15) is 0 Å². The Morgan fingerprint density at radius 1 is 1.26 bits per heavy atom. The molecule has 1 aromatic rings. The largest absolute Gasteiger partial charge is 0.496 e. The maximum atomic E-state index is 13.0. The highest BCUT2D eigenvalue weighted by Crippen LogP contribution is 2.35. The number of nitrogens with zero attached hydrogens (tertiary/aromatic N) is 2. The number of amides is 2. The summed E-state index contributed by atoms with van der Waals surface area (Å²) in [6.45, 7) is 1.62. The highest BCUT2D eigenvalue weighted by atomic mass is 35.5. The van der Waals surface area contributed by atoms with Crippen molar-refractivity contribution in [2.45, 2.75) is 37.5 Å². The molecule has 8 heteroatoms. The van der Waals surface area contributed by atoms with Crippen LogP contribution < -0.4 is 10.1 Å². The third kappa shape index (κ3) is 4.36. The van der Waals surface area contributed by atoms with E-state index in [-0.39, 0.29) is 30.3 Å². The number of halogens is 1. The number of nitrogens with one attached hydrogen (secondary N) is 1. The van der Waals surface area contributed by atoms with E-state index in [0.717, 1.165) is 12.0 Å². The molecule has 2 aliphatic rings. The lowest BCUT2D eigenvalue weighted by atomic mass is 10.0. The van der Waals surface area contributed by atoms with Crippen molar-refractivity contribution in [2.75, 3.05) is 33.8 Å². The van der Waals surface area contributed by atoms with Crippen LogP contribution in [0.4, 0.5) is 0 Å². The van der Waals surface area contributed by atoms with Gasteiger partial charge in [-0.25, -0.2) is 0 Å². The average molecular weight is 398 g/mol. The number of likely N-dealkylation sites (tertiary alicyclic amines) is 2. The Kier molecular flexibility index (Phi) is 7.47. The van der Waals surface area contributed by atoms with Gasteiger partial charge >= 0.3 is 0 Å². The number of aliphatic hydroxyl groups excluding tert-OH is 1. The van der Waals surface area contributed by atoms with Gasteiger partial charge in [0.15, 0.2) is 0 Å². The van der Waals surface area contributed by atoms with Gasteiger partial charge in [0.1, 0.15) is 11.8 Å². The molecule has 0 radical (unpaired) electrons. The van der Waals surface area contributed by atoms with Gasteiger partial charge in [-0.3, -0.25) is 14.5 Å². The van der Waals surface area contributed by atoms with E-state index >= 15 is 0 Å². The summed E-state index contributed by atoms with van der Waals surface area (Å²) in [5.74, 6) is 0.481. The number of hydrogen-bond acceptors (Lipinski definition) is 5. The second kappa shape index (κ2) is 9.39. The van der Waals surface area contributed by atoms with Crippen molar-refractivity contribution >= 4 is 24.2 Å². The van der Waals surface area contributed by atoms with Gasteiger partial charge < -0.3 is 20.1 Å². The Morgan fingerprint density at radius 2 is 2.00 bits per heavy atom. The summed E-state index contributed by atoms with van der Waals surface area (Å²) in [6, 6.07) is 6.50. The van der Waals surface area contributed by atoms with Crippen LogP contribution in [0.25, 0.3) is 0 Å². The summed E-state index contributed by atoms with van der Waals surface area (Å²) < 4.78 is 5.46. The number of benzene rings is 1. The van der Waals surface area contributed by atoms with Gasteiger partial charge in [0, 0.05) is 32.2 Å². The molecule has 2 amide bonds. The van der Waals surface area contributed by atoms with Gasteiger partial charge in [0.25, 0.3) is 0 Å². The first-order chi connectivity index (χ1) is 12.6. The van der Waals surface area contributed by atoms with Crippen LogP contribution in [0.15, 0.2) is 24.3 Å². The number of hydrogen-bond donors (Lipinski definition) is 2. The molecule has 0 saturated carbocycles. The Bertz CT molecular complexity index is 672. The summed E-state index contributed by atoms with van der Waals surface area (Å²) in [5.41, 5.74) is 0.760. The number of para-hydroxylation sites is 1. The van der Waals surface area contributed by atoms with Crippen molar-refractivity contribution < 1.29 is 19.4 Å². The van der Waals surface area contributed by atoms with E-state index in [9.17, 15) is 14.7 Å². The minimum Gasteiger partial charge on any atom is -0.496 e. The first-order valence-corrected chi connectivity index (χ1v) is 9.14. The molecular formula is C19H28ClN3O4. The molecule has 0 aromatic heterocycles. The molecule has 0 aliphatic carbocycles. The van der Waals surface area contributed by atoms with Gasteiger partial charge in [-0.05, 0) is 25.3 Å². The predicted molar refractivity (Wildman–Crippen MR) is 104 cm³/mol. The fourth-order valence-electron chi connectivity index (χ4n) is 4.02. The Morgan fingerprint density at radius 3 is 2.63 bits per heavy atom. The number of rotatable bonds is 5. The zero-order valence-electron chi connectivity index (χ0n) is 15.8. The van der Waals surface area contributed by atoms with Crippen LogP contribution in [0.2, 0.25) is 0 Å². The molecule has 2 N–H and O–H groups in total. The second-order valence-corrected chi connectivity index (χ2v) is 6.88. The Labute approximate surface area is 166 Å². The van der Waals surface area contributed by atoms with E-state index in [2.05, 4.69) is 5.32 Å². The molecule has 2 saturated heterocycles.